The van der Waals surface area contributed by atoms with Crippen molar-refractivity contribution in [2.75, 3.05) is 0 Å². The zero-order valence-corrected chi connectivity index (χ0v) is 11.1. The summed E-state index contributed by atoms with van der Waals surface area (Å²) in [6.45, 7) is 7.84. The normalized spacial score (nSPS) is 14.2. The lowest BCUT2D eigenvalue weighted by atomic mass is 10.0. The van der Waals surface area contributed by atoms with Crippen molar-refractivity contribution >= 4 is 5.91 Å². The first-order valence-corrected chi connectivity index (χ1v) is 6.04. The summed E-state index contributed by atoms with van der Waals surface area (Å²) in [5.41, 5.74) is 8.52. The summed E-state index contributed by atoms with van der Waals surface area (Å²) in [4.78, 5) is 12.1. The maximum Gasteiger partial charge on any atom is 0.252 e. The Morgan fingerprint density at radius 2 is 1.82 bits per heavy atom. The molecular formula is C14H22N2O. The van der Waals surface area contributed by atoms with Gasteiger partial charge in [0.2, 0.25) is 0 Å². The maximum atomic E-state index is 12.1. The highest BCUT2D eigenvalue weighted by molar-refractivity contribution is 5.97. The van der Waals surface area contributed by atoms with E-state index in [4.69, 9.17) is 5.73 Å². The average Bonchev–Trinajstić information content (AvgIpc) is 2.15. The monoisotopic (exact) mass is 234 g/mol. The van der Waals surface area contributed by atoms with Crippen LogP contribution in [0.15, 0.2) is 18.2 Å². The molecule has 3 nitrogen and oxygen atoms in total. The predicted molar refractivity (Wildman–Crippen MR) is 71.1 cm³/mol. The van der Waals surface area contributed by atoms with E-state index in [0.717, 1.165) is 23.1 Å². The van der Waals surface area contributed by atoms with Gasteiger partial charge in [0, 0.05) is 17.6 Å². The Morgan fingerprint density at radius 1 is 1.29 bits per heavy atom. The Bertz CT molecular complexity index is 379. The number of rotatable bonds is 4. The Morgan fingerprint density at radius 3 is 2.29 bits per heavy atom. The number of carbonyl (C=O) groups excluding carboxylic acids is 1. The summed E-state index contributed by atoms with van der Waals surface area (Å²) < 4.78 is 0. The molecule has 0 aliphatic heterocycles. The lowest BCUT2D eigenvalue weighted by Crippen LogP contribution is -2.37. The summed E-state index contributed by atoms with van der Waals surface area (Å²) in [6, 6.07) is 6.08. The van der Waals surface area contributed by atoms with E-state index >= 15 is 0 Å². The van der Waals surface area contributed by atoms with E-state index in [2.05, 4.69) is 5.32 Å². The van der Waals surface area contributed by atoms with Gasteiger partial charge in [-0.1, -0.05) is 18.2 Å². The highest BCUT2D eigenvalue weighted by atomic mass is 16.1. The molecule has 0 saturated heterocycles. The van der Waals surface area contributed by atoms with Crippen molar-refractivity contribution in [3.05, 3.63) is 34.9 Å². The molecule has 0 aromatic heterocycles. The Kier molecular flexibility index (Phi) is 4.70. The molecule has 0 saturated carbocycles. The zero-order valence-electron chi connectivity index (χ0n) is 11.1. The average molecular weight is 234 g/mol. The van der Waals surface area contributed by atoms with Crippen LogP contribution in [0.25, 0.3) is 0 Å². The minimum absolute atomic E-state index is 0.00579. The van der Waals surface area contributed by atoms with Crippen LogP contribution in [-0.2, 0) is 0 Å². The van der Waals surface area contributed by atoms with Crippen molar-refractivity contribution in [3.63, 3.8) is 0 Å². The molecule has 1 aromatic rings. The molecule has 1 aromatic carbocycles. The van der Waals surface area contributed by atoms with Crippen molar-refractivity contribution in [3.8, 4) is 0 Å². The van der Waals surface area contributed by atoms with Gasteiger partial charge in [0.1, 0.15) is 0 Å². The van der Waals surface area contributed by atoms with E-state index in [9.17, 15) is 4.79 Å². The minimum atomic E-state index is -0.00579. The molecule has 2 atom stereocenters. The first-order valence-electron chi connectivity index (χ1n) is 6.04. The third-order valence-corrected chi connectivity index (χ3v) is 2.81. The van der Waals surface area contributed by atoms with E-state index < -0.39 is 0 Å². The topological polar surface area (TPSA) is 55.1 Å². The van der Waals surface area contributed by atoms with Crippen molar-refractivity contribution in [1.29, 1.82) is 0 Å². The van der Waals surface area contributed by atoms with E-state index in [1.54, 1.807) is 0 Å². The van der Waals surface area contributed by atoms with Crippen LogP contribution in [0.2, 0.25) is 0 Å². The number of benzene rings is 1. The van der Waals surface area contributed by atoms with Crippen molar-refractivity contribution in [1.82, 2.24) is 5.32 Å². The first-order chi connectivity index (χ1) is 7.91. The number of aryl methyl sites for hydroxylation is 2. The number of nitrogens with two attached hydrogens (primary N) is 1. The number of hydrogen-bond acceptors (Lipinski definition) is 2. The molecule has 0 heterocycles. The third-order valence-electron chi connectivity index (χ3n) is 2.81. The summed E-state index contributed by atoms with van der Waals surface area (Å²) in [5, 5.41) is 2.99. The van der Waals surface area contributed by atoms with Crippen LogP contribution >= 0.6 is 0 Å². The van der Waals surface area contributed by atoms with Crippen LogP contribution < -0.4 is 11.1 Å². The molecule has 0 bridgehead atoms. The fourth-order valence-corrected chi connectivity index (χ4v) is 2.09. The molecule has 0 aliphatic carbocycles. The van der Waals surface area contributed by atoms with E-state index in [1.807, 2.05) is 45.9 Å². The van der Waals surface area contributed by atoms with Crippen LogP contribution in [-0.4, -0.2) is 18.0 Å². The second-order valence-electron chi connectivity index (χ2n) is 4.85. The fourth-order valence-electron chi connectivity index (χ4n) is 2.09. The molecular weight excluding hydrogens is 212 g/mol. The lowest BCUT2D eigenvalue weighted by molar-refractivity contribution is 0.0936. The predicted octanol–water partition coefficient (Wildman–Crippen LogP) is 2.16. The summed E-state index contributed by atoms with van der Waals surface area (Å²) in [5.74, 6) is -0.00579. The van der Waals surface area contributed by atoms with Gasteiger partial charge in [0.05, 0.1) is 0 Å². The Labute approximate surface area is 103 Å². The van der Waals surface area contributed by atoms with Gasteiger partial charge in [0.15, 0.2) is 0 Å². The summed E-state index contributed by atoms with van der Waals surface area (Å²) >= 11 is 0. The van der Waals surface area contributed by atoms with Gasteiger partial charge in [-0.2, -0.15) is 0 Å². The van der Waals surface area contributed by atoms with Gasteiger partial charge < -0.3 is 11.1 Å². The van der Waals surface area contributed by atoms with Gasteiger partial charge in [-0.25, -0.2) is 0 Å². The number of carbonyl (C=O) groups is 1. The van der Waals surface area contributed by atoms with E-state index in [1.165, 1.54) is 0 Å². The Balaban J connectivity index is 2.77. The number of hydrogen-bond donors (Lipinski definition) is 2. The van der Waals surface area contributed by atoms with Gasteiger partial charge in [-0.15, -0.1) is 0 Å². The van der Waals surface area contributed by atoms with Crippen LogP contribution in [0.1, 0.15) is 41.8 Å². The van der Waals surface area contributed by atoms with Crippen LogP contribution in [0.5, 0.6) is 0 Å². The Hall–Kier alpha value is -1.35. The smallest absolute Gasteiger partial charge is 0.252 e. The second-order valence-corrected chi connectivity index (χ2v) is 4.85. The lowest BCUT2D eigenvalue weighted by Gasteiger charge is -2.17. The van der Waals surface area contributed by atoms with Gasteiger partial charge in [-0.05, 0) is 45.2 Å². The van der Waals surface area contributed by atoms with Crippen LogP contribution in [0, 0.1) is 13.8 Å². The summed E-state index contributed by atoms with van der Waals surface area (Å²) in [7, 11) is 0. The molecule has 0 fully saturated rings. The largest absolute Gasteiger partial charge is 0.350 e. The molecule has 1 amide bonds. The second kappa shape index (κ2) is 5.82. The highest BCUT2D eigenvalue weighted by Crippen LogP contribution is 2.13. The number of amides is 1. The third kappa shape index (κ3) is 3.86. The van der Waals surface area contributed by atoms with Crippen molar-refractivity contribution in [2.24, 2.45) is 5.73 Å². The summed E-state index contributed by atoms with van der Waals surface area (Å²) in [6.07, 6.45) is 0.788. The zero-order chi connectivity index (χ0) is 13.0. The molecule has 0 aliphatic rings. The molecule has 3 heteroatoms. The highest BCUT2D eigenvalue weighted by Gasteiger charge is 2.14. The molecule has 94 valence electrons. The van der Waals surface area contributed by atoms with E-state index in [0.29, 0.717) is 0 Å². The molecule has 0 radical (unpaired) electrons. The molecule has 17 heavy (non-hydrogen) atoms. The quantitative estimate of drug-likeness (QED) is 0.838. The number of nitrogens with one attached hydrogen (secondary N) is 1. The molecule has 3 N–H and O–H groups in total. The van der Waals surface area contributed by atoms with Crippen LogP contribution in [0.4, 0.5) is 0 Å². The van der Waals surface area contributed by atoms with Gasteiger partial charge in [0.25, 0.3) is 5.91 Å². The van der Waals surface area contributed by atoms with Gasteiger partial charge in [-0.3, -0.25) is 4.79 Å². The first kappa shape index (κ1) is 13.7. The van der Waals surface area contributed by atoms with Gasteiger partial charge >= 0.3 is 0 Å². The van der Waals surface area contributed by atoms with E-state index in [-0.39, 0.29) is 18.0 Å². The maximum absolute atomic E-state index is 12.1. The SMILES string of the molecule is Cc1cccc(C)c1C(=O)NC(C)CC(C)N. The minimum Gasteiger partial charge on any atom is -0.350 e. The standard InChI is InChI=1S/C14H22N2O/c1-9-6-5-7-10(2)13(9)14(17)16-12(4)8-11(3)15/h5-7,11-12H,8,15H2,1-4H3,(H,16,17). The van der Waals surface area contributed by atoms with Crippen molar-refractivity contribution < 1.29 is 4.79 Å². The molecule has 2 unspecified atom stereocenters. The molecule has 1 rings (SSSR count). The molecule has 0 spiro atoms. The fraction of sp³-hybridized carbons (Fsp3) is 0.500. The van der Waals surface area contributed by atoms with Crippen molar-refractivity contribution in [2.45, 2.75) is 46.2 Å². The van der Waals surface area contributed by atoms with Crippen LogP contribution in [0.3, 0.4) is 0 Å².